The van der Waals surface area contributed by atoms with Crippen molar-refractivity contribution in [2.24, 2.45) is 0 Å². The van der Waals surface area contributed by atoms with Gasteiger partial charge in [-0.1, -0.05) is 64.5 Å². The normalized spacial score (nSPS) is 12.0. The van der Waals surface area contributed by atoms with E-state index in [4.69, 9.17) is 4.74 Å². The standard InChI is InChI=1S/C25H20Br2N2O2/c1-17(20-5-3-2-4-6-20)29-25(30)21(15-28)13-19-9-12-24(23(27)14-19)31-16-18-7-10-22(26)11-8-18/h2-14,17H,16H2,1H3,(H,29,30)/b21-13+/t17-/m0/s1. The number of hydrogen-bond donors (Lipinski definition) is 1. The molecule has 1 N–H and O–H groups in total. The fraction of sp³-hybridized carbons (Fsp3) is 0.120. The second kappa shape index (κ2) is 10.9. The molecule has 0 radical (unpaired) electrons. The minimum Gasteiger partial charge on any atom is -0.488 e. The summed E-state index contributed by atoms with van der Waals surface area (Å²) in [6.45, 7) is 2.32. The summed E-state index contributed by atoms with van der Waals surface area (Å²) in [4.78, 5) is 12.6. The van der Waals surface area contributed by atoms with E-state index in [9.17, 15) is 10.1 Å². The van der Waals surface area contributed by atoms with Crippen LogP contribution in [0.15, 0.2) is 87.3 Å². The molecule has 3 aromatic rings. The van der Waals surface area contributed by atoms with Gasteiger partial charge in [0.15, 0.2) is 0 Å². The number of benzene rings is 3. The number of ether oxygens (including phenoxy) is 1. The summed E-state index contributed by atoms with van der Waals surface area (Å²) in [7, 11) is 0. The predicted molar refractivity (Wildman–Crippen MR) is 129 cm³/mol. The van der Waals surface area contributed by atoms with Gasteiger partial charge >= 0.3 is 0 Å². The van der Waals surface area contributed by atoms with Gasteiger partial charge in [-0.05, 0) is 69.9 Å². The van der Waals surface area contributed by atoms with Crippen LogP contribution in [-0.4, -0.2) is 5.91 Å². The maximum Gasteiger partial charge on any atom is 0.262 e. The summed E-state index contributed by atoms with van der Waals surface area (Å²) >= 11 is 6.92. The van der Waals surface area contributed by atoms with Crippen molar-refractivity contribution < 1.29 is 9.53 Å². The molecule has 6 heteroatoms. The SMILES string of the molecule is C[C@H](NC(=O)/C(C#N)=C/c1ccc(OCc2ccc(Br)cc2)c(Br)c1)c1ccccc1. The van der Waals surface area contributed by atoms with Gasteiger partial charge in [0, 0.05) is 4.47 Å². The molecule has 0 aliphatic rings. The lowest BCUT2D eigenvalue weighted by Crippen LogP contribution is -2.27. The Kier molecular flexibility index (Phi) is 8.05. The summed E-state index contributed by atoms with van der Waals surface area (Å²) in [5.41, 5.74) is 2.79. The van der Waals surface area contributed by atoms with Gasteiger partial charge < -0.3 is 10.1 Å². The quantitative estimate of drug-likeness (QED) is 0.272. The summed E-state index contributed by atoms with van der Waals surface area (Å²) in [5.74, 6) is 0.270. The average Bonchev–Trinajstić information content (AvgIpc) is 2.78. The Morgan fingerprint density at radius 1 is 1.10 bits per heavy atom. The Morgan fingerprint density at radius 3 is 2.45 bits per heavy atom. The average molecular weight is 540 g/mol. The zero-order chi connectivity index (χ0) is 22.2. The van der Waals surface area contributed by atoms with Crippen molar-refractivity contribution in [1.82, 2.24) is 5.32 Å². The molecule has 3 aromatic carbocycles. The van der Waals surface area contributed by atoms with Gasteiger partial charge in [-0.15, -0.1) is 0 Å². The first kappa shape index (κ1) is 22.8. The highest BCUT2D eigenvalue weighted by Gasteiger charge is 2.14. The molecule has 156 valence electrons. The maximum atomic E-state index is 12.6. The van der Waals surface area contributed by atoms with Crippen LogP contribution in [0, 0.1) is 11.3 Å². The van der Waals surface area contributed by atoms with Crippen LogP contribution in [0.2, 0.25) is 0 Å². The molecule has 3 rings (SSSR count). The molecule has 0 bridgehead atoms. The van der Waals surface area contributed by atoms with E-state index in [1.165, 1.54) is 0 Å². The van der Waals surface area contributed by atoms with Gasteiger partial charge in [-0.3, -0.25) is 4.79 Å². The lowest BCUT2D eigenvalue weighted by atomic mass is 10.1. The van der Waals surface area contributed by atoms with Gasteiger partial charge in [0.25, 0.3) is 5.91 Å². The third-order valence-electron chi connectivity index (χ3n) is 4.59. The number of nitrogens with one attached hydrogen (secondary N) is 1. The molecule has 0 spiro atoms. The summed E-state index contributed by atoms with van der Waals surface area (Å²) in [6, 6.07) is 24.8. The van der Waals surface area contributed by atoms with Gasteiger partial charge in [-0.2, -0.15) is 5.26 Å². The van der Waals surface area contributed by atoms with E-state index in [0.717, 1.165) is 25.6 Å². The van der Waals surface area contributed by atoms with Gasteiger partial charge in [0.05, 0.1) is 10.5 Å². The zero-order valence-corrected chi connectivity index (χ0v) is 20.0. The molecular formula is C25H20Br2N2O2. The van der Waals surface area contributed by atoms with E-state index in [1.807, 2.05) is 85.8 Å². The van der Waals surface area contributed by atoms with Crippen LogP contribution < -0.4 is 10.1 Å². The minimum atomic E-state index is -0.412. The molecule has 31 heavy (non-hydrogen) atoms. The number of rotatable bonds is 7. The van der Waals surface area contributed by atoms with E-state index >= 15 is 0 Å². The monoisotopic (exact) mass is 538 g/mol. The van der Waals surface area contributed by atoms with Crippen molar-refractivity contribution in [3.63, 3.8) is 0 Å². The van der Waals surface area contributed by atoms with Gasteiger partial charge in [-0.25, -0.2) is 0 Å². The highest BCUT2D eigenvalue weighted by Crippen LogP contribution is 2.28. The van der Waals surface area contributed by atoms with Crippen molar-refractivity contribution >= 4 is 43.8 Å². The lowest BCUT2D eigenvalue weighted by molar-refractivity contribution is -0.117. The largest absolute Gasteiger partial charge is 0.488 e. The third-order valence-corrected chi connectivity index (χ3v) is 5.74. The molecule has 0 unspecified atom stereocenters. The zero-order valence-electron chi connectivity index (χ0n) is 16.8. The molecule has 0 aromatic heterocycles. The minimum absolute atomic E-state index is 0.0400. The van der Waals surface area contributed by atoms with Crippen LogP contribution in [-0.2, 0) is 11.4 Å². The first-order valence-electron chi connectivity index (χ1n) is 9.60. The number of carbonyl (C=O) groups excluding carboxylic acids is 1. The molecule has 4 nitrogen and oxygen atoms in total. The molecule has 1 atom stereocenters. The molecule has 0 heterocycles. The van der Waals surface area contributed by atoms with Crippen LogP contribution in [0.3, 0.4) is 0 Å². The Hall–Kier alpha value is -2.88. The van der Waals surface area contributed by atoms with Gasteiger partial charge in [0.1, 0.15) is 24.0 Å². The van der Waals surface area contributed by atoms with E-state index in [-0.39, 0.29) is 11.6 Å². The smallest absolute Gasteiger partial charge is 0.262 e. The highest BCUT2D eigenvalue weighted by molar-refractivity contribution is 9.10. The Bertz CT molecular complexity index is 1120. The van der Waals surface area contributed by atoms with Crippen molar-refractivity contribution in [3.05, 3.63) is 104 Å². The second-order valence-corrected chi connectivity index (χ2v) is 8.65. The second-order valence-electron chi connectivity index (χ2n) is 6.88. The Balaban J connectivity index is 1.67. The molecule has 0 fully saturated rings. The topological polar surface area (TPSA) is 62.1 Å². The lowest BCUT2D eigenvalue weighted by Gasteiger charge is -2.14. The Morgan fingerprint density at radius 2 is 1.81 bits per heavy atom. The highest BCUT2D eigenvalue weighted by atomic mass is 79.9. The molecular weight excluding hydrogens is 520 g/mol. The van der Waals surface area contributed by atoms with Crippen LogP contribution in [0.5, 0.6) is 5.75 Å². The van der Waals surface area contributed by atoms with Crippen molar-refractivity contribution in [3.8, 4) is 11.8 Å². The number of carbonyl (C=O) groups is 1. The number of hydrogen-bond acceptors (Lipinski definition) is 3. The van der Waals surface area contributed by atoms with Crippen molar-refractivity contribution in [1.29, 1.82) is 5.26 Å². The maximum absolute atomic E-state index is 12.6. The first-order valence-corrected chi connectivity index (χ1v) is 11.2. The number of amides is 1. The first-order chi connectivity index (χ1) is 15.0. The molecule has 0 saturated carbocycles. The molecule has 0 saturated heterocycles. The summed E-state index contributed by atoms with van der Waals surface area (Å²) in [5, 5.41) is 12.3. The van der Waals surface area contributed by atoms with E-state index in [2.05, 4.69) is 37.2 Å². The fourth-order valence-corrected chi connectivity index (χ4v) is 3.66. The van der Waals surface area contributed by atoms with Gasteiger partial charge in [0.2, 0.25) is 0 Å². The van der Waals surface area contributed by atoms with E-state index in [1.54, 1.807) is 6.08 Å². The van der Waals surface area contributed by atoms with Crippen LogP contribution in [0.25, 0.3) is 6.08 Å². The van der Waals surface area contributed by atoms with Crippen LogP contribution in [0.4, 0.5) is 0 Å². The van der Waals surface area contributed by atoms with Crippen molar-refractivity contribution in [2.75, 3.05) is 0 Å². The molecule has 0 aliphatic carbocycles. The van der Waals surface area contributed by atoms with Crippen molar-refractivity contribution in [2.45, 2.75) is 19.6 Å². The molecule has 0 aliphatic heterocycles. The number of nitriles is 1. The molecule has 1 amide bonds. The predicted octanol–water partition coefficient (Wildman–Crippen LogP) is 6.57. The van der Waals surface area contributed by atoms with E-state index < -0.39 is 5.91 Å². The Labute approximate surface area is 198 Å². The third kappa shape index (κ3) is 6.55. The number of nitrogens with zero attached hydrogens (tertiary/aromatic N) is 1. The van der Waals surface area contributed by atoms with Crippen LogP contribution in [0.1, 0.15) is 29.7 Å². The fourth-order valence-electron chi connectivity index (χ4n) is 2.88. The number of halogens is 2. The van der Waals surface area contributed by atoms with Crippen LogP contribution >= 0.6 is 31.9 Å². The summed E-state index contributed by atoms with van der Waals surface area (Å²) < 4.78 is 7.63. The van der Waals surface area contributed by atoms with E-state index in [0.29, 0.717) is 12.4 Å². The summed E-state index contributed by atoms with van der Waals surface area (Å²) in [6.07, 6.45) is 1.57.